The Balaban J connectivity index is 1.78. The molecule has 0 aliphatic heterocycles. The lowest BCUT2D eigenvalue weighted by Crippen LogP contribution is -2.05. The number of nitrogens with zero attached hydrogens (tertiary/aromatic N) is 2. The minimum Gasteiger partial charge on any atom is -0.463 e. The van der Waals surface area contributed by atoms with Crippen molar-refractivity contribution in [1.82, 2.24) is 9.97 Å². The van der Waals surface area contributed by atoms with Gasteiger partial charge in [0.25, 0.3) is 0 Å². The van der Waals surface area contributed by atoms with Crippen molar-refractivity contribution in [3.8, 4) is 11.8 Å². The monoisotopic (exact) mass is 415 g/mol. The molecular weight excluding hydrogens is 399 g/mol. The van der Waals surface area contributed by atoms with Crippen molar-refractivity contribution in [2.24, 2.45) is 0 Å². The topological polar surface area (TPSA) is 77.2 Å². The predicted octanol–water partition coefficient (Wildman–Crippen LogP) is 4.20. The van der Waals surface area contributed by atoms with Crippen LogP contribution in [0.1, 0.15) is 38.7 Å². The highest BCUT2D eigenvalue weighted by Crippen LogP contribution is 2.29. The number of hydrogen-bond donors (Lipinski definition) is 1. The van der Waals surface area contributed by atoms with E-state index in [0.29, 0.717) is 28.4 Å². The minimum absolute atomic E-state index is 0.0792. The van der Waals surface area contributed by atoms with Crippen LogP contribution < -0.4 is 5.32 Å². The zero-order valence-electron chi connectivity index (χ0n) is 16.0. The van der Waals surface area contributed by atoms with Gasteiger partial charge in [-0.1, -0.05) is 11.8 Å². The van der Waals surface area contributed by atoms with Gasteiger partial charge in [-0.3, -0.25) is 0 Å². The smallest absolute Gasteiger partial charge is 0.416 e. The number of anilines is 1. The maximum Gasteiger partial charge on any atom is 0.416 e. The highest BCUT2D eigenvalue weighted by Gasteiger charge is 2.29. The van der Waals surface area contributed by atoms with E-state index in [0.717, 1.165) is 12.1 Å². The number of aryl methyl sites for hydroxylation is 1. The third-order valence-corrected chi connectivity index (χ3v) is 4.06. The summed E-state index contributed by atoms with van der Waals surface area (Å²) in [6, 6.07) is 7.69. The number of furan rings is 1. The van der Waals surface area contributed by atoms with Crippen LogP contribution in [0.4, 0.5) is 19.0 Å². The van der Waals surface area contributed by atoms with Crippen molar-refractivity contribution >= 4 is 11.8 Å². The number of methoxy groups -OCH3 is 1. The number of halogens is 3. The maximum atomic E-state index is 12.7. The molecule has 0 amide bonds. The number of carbonyl (C=O) groups excluding carboxylic acids is 1. The van der Waals surface area contributed by atoms with Crippen LogP contribution in [0.25, 0.3) is 0 Å². The van der Waals surface area contributed by atoms with E-state index in [4.69, 9.17) is 4.42 Å². The second-order valence-electron chi connectivity index (χ2n) is 6.12. The molecule has 0 atom stereocenters. The average molecular weight is 415 g/mol. The zero-order valence-corrected chi connectivity index (χ0v) is 16.0. The fourth-order valence-electron chi connectivity index (χ4n) is 2.49. The fourth-order valence-corrected chi connectivity index (χ4v) is 2.49. The van der Waals surface area contributed by atoms with Crippen LogP contribution in [0.2, 0.25) is 0 Å². The van der Waals surface area contributed by atoms with Crippen LogP contribution >= 0.6 is 0 Å². The Kier molecular flexibility index (Phi) is 6.06. The van der Waals surface area contributed by atoms with E-state index in [1.54, 1.807) is 13.0 Å². The van der Waals surface area contributed by atoms with E-state index < -0.39 is 17.7 Å². The molecule has 154 valence electrons. The van der Waals surface area contributed by atoms with Crippen molar-refractivity contribution < 1.29 is 27.1 Å². The summed E-state index contributed by atoms with van der Waals surface area (Å²) < 4.78 is 48.0. The molecule has 0 unspecified atom stereocenters. The second-order valence-corrected chi connectivity index (χ2v) is 6.12. The highest BCUT2D eigenvalue weighted by molar-refractivity contribution is 5.86. The summed E-state index contributed by atoms with van der Waals surface area (Å²) in [4.78, 5) is 19.7. The first-order valence-corrected chi connectivity index (χ1v) is 8.69. The molecule has 0 spiro atoms. The number of rotatable bonds is 4. The number of esters is 1. The van der Waals surface area contributed by atoms with Gasteiger partial charge in [-0.2, -0.15) is 13.2 Å². The van der Waals surface area contributed by atoms with E-state index >= 15 is 0 Å². The Morgan fingerprint density at radius 1 is 1.13 bits per heavy atom. The summed E-state index contributed by atoms with van der Waals surface area (Å²) in [7, 11) is 1.26. The van der Waals surface area contributed by atoms with Gasteiger partial charge in [-0.15, -0.1) is 0 Å². The standard InChI is InChI=1S/C21H16F3N3O3/c1-13-17(9-5-14-3-6-15(7-4-14)21(22,23)24)19(27-12-26-13)25-11-16-8-10-18(30-16)20(28)29-2/h3-4,6-8,10,12H,11H2,1-2H3,(H,25,26,27). The molecule has 0 fully saturated rings. The zero-order chi connectivity index (χ0) is 21.7. The Hall–Kier alpha value is -3.80. The molecule has 6 nitrogen and oxygen atoms in total. The molecule has 1 aromatic carbocycles. The van der Waals surface area contributed by atoms with Gasteiger partial charge in [-0.25, -0.2) is 14.8 Å². The van der Waals surface area contributed by atoms with Gasteiger partial charge in [0.05, 0.1) is 30.5 Å². The van der Waals surface area contributed by atoms with Crippen LogP contribution in [0.15, 0.2) is 47.1 Å². The van der Waals surface area contributed by atoms with Gasteiger partial charge in [0, 0.05) is 5.56 Å². The first-order chi connectivity index (χ1) is 14.3. The Labute approximate surface area is 170 Å². The molecule has 2 heterocycles. The van der Waals surface area contributed by atoms with Crippen LogP contribution in [-0.2, 0) is 17.5 Å². The molecule has 9 heteroatoms. The summed E-state index contributed by atoms with van der Waals surface area (Å²) in [6.45, 7) is 1.97. The first-order valence-electron chi connectivity index (χ1n) is 8.69. The molecular formula is C21H16F3N3O3. The van der Waals surface area contributed by atoms with Gasteiger partial charge in [0.1, 0.15) is 17.9 Å². The van der Waals surface area contributed by atoms with Crippen LogP contribution in [0.3, 0.4) is 0 Å². The second kappa shape index (κ2) is 8.69. The lowest BCUT2D eigenvalue weighted by molar-refractivity contribution is -0.137. The molecule has 3 aromatic rings. The van der Waals surface area contributed by atoms with Crippen LogP contribution in [-0.4, -0.2) is 23.0 Å². The van der Waals surface area contributed by atoms with Crippen molar-refractivity contribution in [3.63, 3.8) is 0 Å². The number of benzene rings is 1. The molecule has 1 N–H and O–H groups in total. The van der Waals surface area contributed by atoms with E-state index in [-0.39, 0.29) is 12.3 Å². The number of carbonyl (C=O) groups is 1. The van der Waals surface area contributed by atoms with Crippen LogP contribution in [0.5, 0.6) is 0 Å². The number of alkyl halides is 3. The van der Waals surface area contributed by atoms with E-state index in [1.165, 1.54) is 31.6 Å². The van der Waals surface area contributed by atoms with Crippen molar-refractivity contribution in [2.75, 3.05) is 12.4 Å². The minimum atomic E-state index is -4.40. The van der Waals surface area contributed by atoms with Gasteiger partial charge in [0.2, 0.25) is 5.76 Å². The quantitative estimate of drug-likeness (QED) is 0.509. The third kappa shape index (κ3) is 4.97. The molecule has 2 aromatic heterocycles. The molecule has 0 saturated carbocycles. The van der Waals surface area contributed by atoms with Gasteiger partial charge >= 0.3 is 12.1 Å². The van der Waals surface area contributed by atoms with Crippen molar-refractivity contribution in [2.45, 2.75) is 19.6 Å². The summed E-state index contributed by atoms with van der Waals surface area (Å²) >= 11 is 0. The SMILES string of the molecule is COC(=O)c1ccc(CNc2ncnc(C)c2C#Cc2ccc(C(F)(F)F)cc2)o1. The van der Waals surface area contributed by atoms with Crippen LogP contribution in [0, 0.1) is 18.8 Å². The van der Waals surface area contributed by atoms with E-state index in [2.05, 4.69) is 31.9 Å². The molecule has 0 saturated heterocycles. The molecule has 0 aliphatic carbocycles. The Morgan fingerprint density at radius 2 is 1.87 bits per heavy atom. The molecule has 0 bridgehead atoms. The van der Waals surface area contributed by atoms with Gasteiger partial charge in [0.15, 0.2) is 0 Å². The van der Waals surface area contributed by atoms with Crippen molar-refractivity contribution in [3.05, 3.63) is 76.6 Å². The van der Waals surface area contributed by atoms with E-state index in [1.807, 2.05) is 0 Å². The summed E-state index contributed by atoms with van der Waals surface area (Å²) in [5, 5.41) is 3.06. The van der Waals surface area contributed by atoms with E-state index in [9.17, 15) is 18.0 Å². The number of nitrogens with one attached hydrogen (secondary N) is 1. The average Bonchev–Trinajstić information content (AvgIpc) is 3.19. The predicted molar refractivity (Wildman–Crippen MR) is 102 cm³/mol. The first kappa shape index (κ1) is 20.9. The number of aromatic nitrogens is 2. The lowest BCUT2D eigenvalue weighted by atomic mass is 10.1. The Bertz CT molecular complexity index is 1110. The molecule has 0 radical (unpaired) electrons. The highest BCUT2D eigenvalue weighted by atomic mass is 19.4. The molecule has 3 rings (SSSR count). The Morgan fingerprint density at radius 3 is 2.53 bits per heavy atom. The largest absolute Gasteiger partial charge is 0.463 e. The summed E-state index contributed by atoms with van der Waals surface area (Å²) in [5.41, 5.74) is 0.782. The molecule has 30 heavy (non-hydrogen) atoms. The lowest BCUT2D eigenvalue weighted by Gasteiger charge is -2.07. The van der Waals surface area contributed by atoms with Gasteiger partial charge in [-0.05, 0) is 43.3 Å². The third-order valence-electron chi connectivity index (χ3n) is 4.06. The molecule has 0 aliphatic rings. The number of ether oxygens (including phenoxy) is 1. The van der Waals surface area contributed by atoms with Crippen molar-refractivity contribution in [1.29, 1.82) is 0 Å². The fraction of sp³-hybridized carbons (Fsp3) is 0.190. The van der Waals surface area contributed by atoms with Gasteiger partial charge < -0.3 is 14.5 Å². The number of hydrogen-bond acceptors (Lipinski definition) is 6. The summed E-state index contributed by atoms with van der Waals surface area (Å²) in [5.74, 6) is 6.13. The summed E-state index contributed by atoms with van der Waals surface area (Å²) in [6.07, 6.45) is -3.03. The maximum absolute atomic E-state index is 12.7. The normalized spacial score (nSPS) is 10.8.